The number of para-hydroxylation sites is 1. The van der Waals surface area contributed by atoms with Gasteiger partial charge in [-0.2, -0.15) is 0 Å². The normalized spacial score (nSPS) is 22.3. The quantitative estimate of drug-likeness (QED) is 0.811. The third kappa shape index (κ3) is 4.28. The molecular formula is C22H32N2O2. The maximum atomic E-state index is 12.8. The Morgan fingerprint density at radius 2 is 1.73 bits per heavy atom. The molecule has 1 aliphatic carbocycles. The molecule has 1 aliphatic heterocycles. The van der Waals surface area contributed by atoms with Gasteiger partial charge < -0.3 is 10.2 Å². The van der Waals surface area contributed by atoms with Crippen LogP contribution in [0, 0.1) is 5.92 Å². The number of likely N-dealkylation sites (tertiary alicyclic amines) is 1. The molecule has 1 saturated heterocycles. The van der Waals surface area contributed by atoms with E-state index in [0.29, 0.717) is 19.0 Å². The van der Waals surface area contributed by atoms with Crippen molar-refractivity contribution in [1.82, 2.24) is 4.90 Å². The summed E-state index contributed by atoms with van der Waals surface area (Å²) >= 11 is 0. The van der Waals surface area contributed by atoms with Gasteiger partial charge in [0.15, 0.2) is 0 Å². The van der Waals surface area contributed by atoms with E-state index in [-0.39, 0.29) is 23.1 Å². The van der Waals surface area contributed by atoms with Crippen LogP contribution in [0.1, 0.15) is 71.3 Å². The molecule has 0 radical (unpaired) electrons. The number of rotatable bonds is 3. The summed E-state index contributed by atoms with van der Waals surface area (Å²) in [7, 11) is 0. The zero-order valence-corrected chi connectivity index (χ0v) is 16.4. The molecule has 1 aromatic rings. The zero-order valence-electron chi connectivity index (χ0n) is 16.4. The van der Waals surface area contributed by atoms with Gasteiger partial charge in [0.05, 0.1) is 5.92 Å². The summed E-state index contributed by atoms with van der Waals surface area (Å²) in [4.78, 5) is 27.4. The number of hydrogen-bond donors (Lipinski definition) is 1. The van der Waals surface area contributed by atoms with Gasteiger partial charge in [0, 0.05) is 24.7 Å². The molecule has 1 atom stereocenters. The Morgan fingerprint density at radius 1 is 1.08 bits per heavy atom. The summed E-state index contributed by atoms with van der Waals surface area (Å²) in [6.07, 6.45) is 7.46. The Balaban J connectivity index is 1.67. The maximum Gasteiger partial charge on any atom is 0.229 e. The van der Waals surface area contributed by atoms with Gasteiger partial charge >= 0.3 is 0 Å². The van der Waals surface area contributed by atoms with Crippen molar-refractivity contribution in [1.29, 1.82) is 0 Å². The molecule has 1 saturated carbocycles. The average molecular weight is 357 g/mol. The minimum Gasteiger partial charge on any atom is -0.339 e. The molecule has 4 heteroatoms. The van der Waals surface area contributed by atoms with Gasteiger partial charge in [-0.1, -0.05) is 64.7 Å². The van der Waals surface area contributed by atoms with Crippen LogP contribution < -0.4 is 5.32 Å². The molecule has 1 aromatic carbocycles. The van der Waals surface area contributed by atoms with E-state index in [4.69, 9.17) is 0 Å². The van der Waals surface area contributed by atoms with Crippen molar-refractivity contribution in [2.45, 2.75) is 77.2 Å². The fraction of sp³-hybridized carbons (Fsp3) is 0.636. The van der Waals surface area contributed by atoms with Crippen LogP contribution in [0.4, 0.5) is 5.69 Å². The van der Waals surface area contributed by atoms with Crippen molar-refractivity contribution in [3.8, 4) is 0 Å². The molecule has 1 N–H and O–H groups in total. The topological polar surface area (TPSA) is 49.4 Å². The summed E-state index contributed by atoms with van der Waals surface area (Å²) in [5.41, 5.74) is 1.95. The number of carbonyl (C=O) groups excluding carboxylic acids is 2. The Morgan fingerprint density at radius 3 is 2.38 bits per heavy atom. The fourth-order valence-electron chi connectivity index (χ4n) is 4.31. The molecule has 2 aliphatic rings. The van der Waals surface area contributed by atoms with Crippen molar-refractivity contribution in [3.05, 3.63) is 29.8 Å². The lowest BCUT2D eigenvalue weighted by atomic mass is 9.85. The van der Waals surface area contributed by atoms with Crippen LogP contribution in [0.5, 0.6) is 0 Å². The maximum absolute atomic E-state index is 12.8. The standard InChI is InChI=1S/C22H32N2O2/c1-22(2,3)18-12-8-9-13-19(18)23-21(26)16-14-20(25)24(15-16)17-10-6-4-5-7-11-17/h8-9,12-13,16-17H,4-7,10-11,14-15H2,1-3H3,(H,23,26). The first-order valence-electron chi connectivity index (χ1n) is 10.1. The number of nitrogens with one attached hydrogen (secondary N) is 1. The van der Waals surface area contributed by atoms with Crippen LogP contribution in [0.3, 0.4) is 0 Å². The van der Waals surface area contributed by atoms with Gasteiger partial charge in [0.2, 0.25) is 11.8 Å². The summed E-state index contributed by atoms with van der Waals surface area (Å²) < 4.78 is 0. The molecule has 3 rings (SSSR count). The third-order valence-corrected chi connectivity index (χ3v) is 5.79. The second-order valence-electron chi connectivity index (χ2n) is 8.88. The summed E-state index contributed by atoms with van der Waals surface area (Å²) in [5, 5.41) is 3.10. The summed E-state index contributed by atoms with van der Waals surface area (Å²) in [6, 6.07) is 8.31. The molecule has 142 valence electrons. The van der Waals surface area contributed by atoms with E-state index in [1.807, 2.05) is 23.1 Å². The third-order valence-electron chi connectivity index (χ3n) is 5.79. The van der Waals surface area contributed by atoms with E-state index in [1.165, 1.54) is 25.7 Å². The van der Waals surface area contributed by atoms with Crippen molar-refractivity contribution in [3.63, 3.8) is 0 Å². The predicted octanol–water partition coefficient (Wildman–Crippen LogP) is 4.49. The lowest BCUT2D eigenvalue weighted by molar-refractivity contribution is -0.130. The molecule has 2 amide bonds. The highest BCUT2D eigenvalue weighted by atomic mass is 16.2. The number of carbonyl (C=O) groups is 2. The molecule has 4 nitrogen and oxygen atoms in total. The van der Waals surface area contributed by atoms with Gasteiger partial charge in [-0.3, -0.25) is 9.59 Å². The van der Waals surface area contributed by atoms with E-state index in [2.05, 4.69) is 32.2 Å². The molecule has 0 aromatic heterocycles. The van der Waals surface area contributed by atoms with Gasteiger partial charge in [0.25, 0.3) is 0 Å². The number of anilines is 1. The SMILES string of the molecule is CC(C)(C)c1ccccc1NC(=O)C1CC(=O)N(C2CCCCCC2)C1. The summed E-state index contributed by atoms with van der Waals surface area (Å²) in [5.74, 6) is -0.105. The minimum atomic E-state index is -0.237. The molecule has 0 spiro atoms. The first-order valence-corrected chi connectivity index (χ1v) is 10.1. The van der Waals surface area contributed by atoms with Gasteiger partial charge in [-0.05, 0) is 29.9 Å². The number of amides is 2. The second kappa shape index (κ2) is 7.81. The molecular weight excluding hydrogens is 324 g/mol. The minimum absolute atomic E-state index is 0.0221. The molecule has 1 heterocycles. The largest absolute Gasteiger partial charge is 0.339 e. The number of benzene rings is 1. The molecule has 2 fully saturated rings. The van der Waals surface area contributed by atoms with Crippen LogP contribution in [0.15, 0.2) is 24.3 Å². The monoisotopic (exact) mass is 356 g/mol. The highest BCUT2D eigenvalue weighted by Gasteiger charge is 2.38. The van der Waals surface area contributed by atoms with Crippen LogP contribution in [-0.2, 0) is 15.0 Å². The highest BCUT2D eigenvalue weighted by Crippen LogP contribution is 2.31. The van der Waals surface area contributed by atoms with Crippen LogP contribution in [-0.4, -0.2) is 29.3 Å². The van der Waals surface area contributed by atoms with Crippen molar-refractivity contribution in [2.75, 3.05) is 11.9 Å². The smallest absolute Gasteiger partial charge is 0.229 e. The van der Waals surface area contributed by atoms with Crippen LogP contribution in [0.2, 0.25) is 0 Å². The lowest BCUT2D eigenvalue weighted by Gasteiger charge is -2.27. The van der Waals surface area contributed by atoms with E-state index < -0.39 is 0 Å². The first kappa shape index (κ1) is 18.9. The molecule has 0 bridgehead atoms. The molecule has 1 unspecified atom stereocenters. The average Bonchev–Trinajstić information content (AvgIpc) is 2.80. The van der Waals surface area contributed by atoms with E-state index in [0.717, 1.165) is 24.1 Å². The highest BCUT2D eigenvalue weighted by molar-refractivity contribution is 5.97. The lowest BCUT2D eigenvalue weighted by Crippen LogP contribution is -2.37. The van der Waals surface area contributed by atoms with E-state index >= 15 is 0 Å². The Bertz CT molecular complexity index is 654. The van der Waals surface area contributed by atoms with Gasteiger partial charge in [-0.15, -0.1) is 0 Å². The zero-order chi connectivity index (χ0) is 18.7. The van der Waals surface area contributed by atoms with E-state index in [1.54, 1.807) is 0 Å². The Labute approximate surface area is 157 Å². The first-order chi connectivity index (χ1) is 12.4. The number of hydrogen-bond acceptors (Lipinski definition) is 2. The van der Waals surface area contributed by atoms with Crippen molar-refractivity contribution >= 4 is 17.5 Å². The number of nitrogens with zero attached hydrogens (tertiary/aromatic N) is 1. The van der Waals surface area contributed by atoms with Crippen molar-refractivity contribution in [2.24, 2.45) is 5.92 Å². The van der Waals surface area contributed by atoms with Gasteiger partial charge in [0.1, 0.15) is 0 Å². The Hall–Kier alpha value is -1.84. The van der Waals surface area contributed by atoms with Crippen molar-refractivity contribution < 1.29 is 9.59 Å². The second-order valence-corrected chi connectivity index (χ2v) is 8.88. The van der Waals surface area contributed by atoms with Crippen LogP contribution >= 0.6 is 0 Å². The van der Waals surface area contributed by atoms with Crippen LogP contribution in [0.25, 0.3) is 0 Å². The van der Waals surface area contributed by atoms with Gasteiger partial charge in [-0.25, -0.2) is 0 Å². The molecule has 26 heavy (non-hydrogen) atoms. The fourth-order valence-corrected chi connectivity index (χ4v) is 4.31. The predicted molar refractivity (Wildman–Crippen MR) is 105 cm³/mol. The summed E-state index contributed by atoms with van der Waals surface area (Å²) in [6.45, 7) is 7.01. The Kier molecular flexibility index (Phi) is 5.69. The van der Waals surface area contributed by atoms with E-state index in [9.17, 15) is 9.59 Å².